The molecule has 0 saturated carbocycles. The van der Waals surface area contributed by atoms with E-state index >= 15 is 0 Å². The maximum absolute atomic E-state index is 11.8. The summed E-state index contributed by atoms with van der Waals surface area (Å²) in [6, 6.07) is -0.921. The Hall–Kier alpha value is -1.63. The third-order valence-electron chi connectivity index (χ3n) is 2.84. The van der Waals surface area contributed by atoms with Crippen LogP contribution in [-0.2, 0) is 23.9 Å². The normalized spacial score (nSPS) is 15.7. The second-order valence-electron chi connectivity index (χ2n) is 5.97. The zero-order valence-corrected chi connectivity index (χ0v) is 13.2. The van der Waals surface area contributed by atoms with Crippen molar-refractivity contribution >= 4 is 17.9 Å². The summed E-state index contributed by atoms with van der Waals surface area (Å²) >= 11 is 0. The molecule has 0 aliphatic carbocycles. The van der Waals surface area contributed by atoms with Gasteiger partial charge < -0.3 is 20.3 Å². The van der Waals surface area contributed by atoms with E-state index in [1.54, 1.807) is 27.7 Å². The van der Waals surface area contributed by atoms with Crippen LogP contribution in [0.25, 0.3) is 0 Å². The first-order valence-corrected chi connectivity index (χ1v) is 6.88. The quantitative estimate of drug-likeness (QED) is 0.676. The molecule has 21 heavy (non-hydrogen) atoms. The van der Waals surface area contributed by atoms with E-state index in [-0.39, 0.29) is 5.92 Å². The van der Waals surface area contributed by atoms with Gasteiger partial charge in [-0.05, 0) is 26.7 Å². The highest BCUT2D eigenvalue weighted by Crippen LogP contribution is 2.13. The van der Waals surface area contributed by atoms with Gasteiger partial charge in [-0.25, -0.2) is 4.79 Å². The van der Waals surface area contributed by atoms with Crippen LogP contribution < -0.4 is 5.73 Å². The third kappa shape index (κ3) is 7.65. The number of aliphatic carboxylic acids is 1. The average molecular weight is 303 g/mol. The van der Waals surface area contributed by atoms with Crippen molar-refractivity contribution in [2.24, 2.45) is 11.7 Å². The lowest BCUT2D eigenvalue weighted by molar-refractivity contribution is -0.172. The van der Waals surface area contributed by atoms with E-state index in [1.807, 2.05) is 6.92 Å². The smallest absolute Gasteiger partial charge is 0.345 e. The summed E-state index contributed by atoms with van der Waals surface area (Å²) in [5, 5.41) is 9.02. The summed E-state index contributed by atoms with van der Waals surface area (Å²) in [5.74, 6) is -3.14. The van der Waals surface area contributed by atoms with E-state index in [1.165, 1.54) is 0 Å². The highest BCUT2D eigenvalue weighted by atomic mass is 16.6. The van der Waals surface area contributed by atoms with Gasteiger partial charge in [-0.2, -0.15) is 0 Å². The number of hydrogen-bond donors (Lipinski definition) is 2. The Morgan fingerprint density at radius 2 is 1.76 bits per heavy atom. The van der Waals surface area contributed by atoms with Crippen molar-refractivity contribution in [2.75, 3.05) is 0 Å². The Morgan fingerprint density at radius 3 is 2.14 bits per heavy atom. The van der Waals surface area contributed by atoms with Crippen LogP contribution in [0.1, 0.15) is 47.5 Å². The molecule has 0 saturated heterocycles. The molecule has 0 spiro atoms. The van der Waals surface area contributed by atoms with Gasteiger partial charge in [-0.3, -0.25) is 9.59 Å². The predicted molar refractivity (Wildman–Crippen MR) is 75.4 cm³/mol. The number of carboxylic acid groups (broad SMARTS) is 1. The Kier molecular flexibility index (Phi) is 7.35. The fourth-order valence-corrected chi connectivity index (χ4v) is 1.42. The minimum atomic E-state index is -1.59. The molecule has 0 fully saturated rings. The predicted octanol–water partition coefficient (Wildman–Crippen LogP) is 1.09. The largest absolute Gasteiger partial charge is 0.478 e. The van der Waals surface area contributed by atoms with E-state index in [4.69, 9.17) is 20.3 Å². The summed E-state index contributed by atoms with van der Waals surface area (Å²) < 4.78 is 9.82. The topological polar surface area (TPSA) is 116 Å². The van der Waals surface area contributed by atoms with Gasteiger partial charge >= 0.3 is 17.9 Å². The third-order valence-corrected chi connectivity index (χ3v) is 2.84. The number of esters is 2. The van der Waals surface area contributed by atoms with Crippen molar-refractivity contribution in [3.63, 3.8) is 0 Å². The second-order valence-corrected chi connectivity index (χ2v) is 5.97. The molecule has 0 heterocycles. The lowest BCUT2D eigenvalue weighted by Crippen LogP contribution is -2.42. The van der Waals surface area contributed by atoms with Gasteiger partial charge in [-0.15, -0.1) is 0 Å². The zero-order chi connectivity index (χ0) is 16.8. The van der Waals surface area contributed by atoms with Crippen LogP contribution in [0.15, 0.2) is 0 Å². The lowest BCUT2D eigenvalue weighted by Gasteiger charge is -2.22. The molecule has 0 aromatic rings. The number of nitrogens with two attached hydrogens (primary N) is 1. The molecule has 0 amide bonds. The van der Waals surface area contributed by atoms with Gasteiger partial charge in [0, 0.05) is 0 Å². The van der Waals surface area contributed by atoms with Gasteiger partial charge in [0.05, 0.1) is 6.42 Å². The molecule has 0 aliphatic heterocycles. The zero-order valence-electron chi connectivity index (χ0n) is 13.2. The van der Waals surface area contributed by atoms with Crippen molar-refractivity contribution < 1.29 is 29.0 Å². The fourth-order valence-electron chi connectivity index (χ4n) is 1.42. The van der Waals surface area contributed by atoms with Gasteiger partial charge in [0.1, 0.15) is 11.6 Å². The molecule has 0 aromatic carbocycles. The average Bonchev–Trinajstić information content (AvgIpc) is 2.33. The molecule has 7 nitrogen and oxygen atoms in total. The summed E-state index contributed by atoms with van der Waals surface area (Å²) in [5.41, 5.74) is 4.93. The Labute approximate surface area is 124 Å². The molecule has 122 valence electrons. The van der Waals surface area contributed by atoms with Crippen molar-refractivity contribution in [3.8, 4) is 0 Å². The Bertz CT molecular complexity index is 387. The Morgan fingerprint density at radius 1 is 1.24 bits per heavy atom. The Balaban J connectivity index is 4.68. The number of carbonyl (C=O) groups excluding carboxylic acids is 2. The fraction of sp³-hybridized carbons (Fsp3) is 0.786. The van der Waals surface area contributed by atoms with Crippen molar-refractivity contribution in [3.05, 3.63) is 0 Å². The molecule has 3 atom stereocenters. The standard InChI is InChI=1S/C14H25NO6/c1-6-8(2)11(15)13(19)20-9(12(17)18)7-10(16)21-14(3,4)5/h8-9,11H,6-7,15H2,1-5H3,(H,17,18)/t8-,9?,11-/m0/s1. The molecular weight excluding hydrogens is 278 g/mol. The lowest BCUT2D eigenvalue weighted by atomic mass is 10.0. The number of rotatable bonds is 7. The first kappa shape index (κ1) is 19.4. The number of carboxylic acids is 1. The summed E-state index contributed by atoms with van der Waals surface area (Å²) in [4.78, 5) is 34.4. The maximum Gasteiger partial charge on any atom is 0.345 e. The molecular formula is C14H25NO6. The van der Waals surface area contributed by atoms with E-state index in [9.17, 15) is 14.4 Å². The monoisotopic (exact) mass is 303 g/mol. The summed E-state index contributed by atoms with van der Waals surface area (Å²) in [7, 11) is 0. The molecule has 0 bridgehead atoms. The highest BCUT2D eigenvalue weighted by Gasteiger charge is 2.31. The molecule has 3 N–H and O–H groups in total. The maximum atomic E-state index is 11.8. The molecule has 0 radical (unpaired) electrons. The number of hydrogen-bond acceptors (Lipinski definition) is 6. The molecule has 0 rings (SSSR count). The van der Waals surface area contributed by atoms with Crippen LogP contribution >= 0.6 is 0 Å². The highest BCUT2D eigenvalue weighted by molar-refractivity contribution is 5.84. The van der Waals surface area contributed by atoms with Gasteiger partial charge in [0.15, 0.2) is 0 Å². The van der Waals surface area contributed by atoms with E-state index in [2.05, 4.69) is 0 Å². The summed E-state index contributed by atoms with van der Waals surface area (Å²) in [6.07, 6.45) is -1.49. The number of carbonyl (C=O) groups is 3. The van der Waals surface area contributed by atoms with Gasteiger partial charge in [-0.1, -0.05) is 20.3 Å². The van der Waals surface area contributed by atoms with Crippen LogP contribution in [0.3, 0.4) is 0 Å². The summed E-state index contributed by atoms with van der Waals surface area (Å²) in [6.45, 7) is 8.59. The molecule has 0 aliphatic rings. The second kappa shape index (κ2) is 7.97. The van der Waals surface area contributed by atoms with Crippen molar-refractivity contribution in [1.29, 1.82) is 0 Å². The van der Waals surface area contributed by atoms with Gasteiger partial charge in [0.25, 0.3) is 0 Å². The van der Waals surface area contributed by atoms with Crippen molar-refractivity contribution in [1.82, 2.24) is 0 Å². The minimum absolute atomic E-state index is 0.145. The van der Waals surface area contributed by atoms with Crippen LogP contribution in [0.2, 0.25) is 0 Å². The van der Waals surface area contributed by atoms with E-state index < -0.39 is 42.1 Å². The van der Waals surface area contributed by atoms with Crippen LogP contribution in [0.5, 0.6) is 0 Å². The molecule has 0 aromatic heterocycles. The first-order valence-electron chi connectivity index (χ1n) is 6.88. The number of ether oxygens (including phenoxy) is 2. The molecule has 1 unspecified atom stereocenters. The van der Waals surface area contributed by atoms with Gasteiger partial charge in [0.2, 0.25) is 6.10 Å². The minimum Gasteiger partial charge on any atom is -0.478 e. The molecule has 7 heteroatoms. The SMILES string of the molecule is CC[C@H](C)[C@H](N)C(=O)OC(CC(=O)OC(C)(C)C)C(=O)O. The van der Waals surface area contributed by atoms with Crippen LogP contribution in [0.4, 0.5) is 0 Å². The van der Waals surface area contributed by atoms with Crippen LogP contribution in [0, 0.1) is 5.92 Å². The van der Waals surface area contributed by atoms with Crippen LogP contribution in [-0.4, -0.2) is 40.8 Å². The van der Waals surface area contributed by atoms with E-state index in [0.29, 0.717) is 6.42 Å². The first-order chi connectivity index (χ1) is 9.47. The van der Waals surface area contributed by atoms with Crippen molar-refractivity contribution in [2.45, 2.75) is 65.2 Å². The van der Waals surface area contributed by atoms with E-state index in [0.717, 1.165) is 0 Å².